The van der Waals surface area contributed by atoms with Crippen LogP contribution in [-0.4, -0.2) is 6.54 Å². The van der Waals surface area contributed by atoms with Gasteiger partial charge in [-0.25, -0.2) is 0 Å². The molecule has 2 rings (SSSR count). The van der Waals surface area contributed by atoms with Crippen molar-refractivity contribution in [3.63, 3.8) is 0 Å². The summed E-state index contributed by atoms with van der Waals surface area (Å²) in [4.78, 5) is 0. The first kappa shape index (κ1) is 15.9. The molecule has 1 unspecified atom stereocenters. The van der Waals surface area contributed by atoms with Crippen molar-refractivity contribution in [2.45, 2.75) is 25.8 Å². The van der Waals surface area contributed by atoms with E-state index in [9.17, 15) is 0 Å². The Balaban J connectivity index is 2.23. The van der Waals surface area contributed by atoms with E-state index in [4.69, 9.17) is 27.6 Å². The van der Waals surface area contributed by atoms with Gasteiger partial charge >= 0.3 is 0 Å². The second-order valence-corrected chi connectivity index (χ2v) is 6.16. The molecule has 0 radical (unpaired) electrons. The van der Waals surface area contributed by atoms with Gasteiger partial charge in [-0.3, -0.25) is 0 Å². The molecule has 1 aromatic heterocycles. The summed E-state index contributed by atoms with van der Waals surface area (Å²) in [7, 11) is 0. The van der Waals surface area contributed by atoms with Crippen molar-refractivity contribution in [1.82, 2.24) is 5.32 Å². The summed E-state index contributed by atoms with van der Waals surface area (Å²) < 4.78 is 6.09. The van der Waals surface area contributed by atoms with E-state index in [0.717, 1.165) is 40.2 Å². The van der Waals surface area contributed by atoms with Crippen LogP contribution in [0.25, 0.3) is 0 Å². The summed E-state index contributed by atoms with van der Waals surface area (Å²) >= 11 is 15.7. The van der Waals surface area contributed by atoms with Crippen LogP contribution in [0.3, 0.4) is 0 Å². The lowest BCUT2D eigenvalue weighted by atomic mass is 10.0. The molecule has 0 fully saturated rings. The number of nitrogens with one attached hydrogen (secondary N) is 1. The van der Waals surface area contributed by atoms with Crippen LogP contribution in [0.1, 0.15) is 30.5 Å². The largest absolute Gasteiger partial charge is 0.457 e. The third kappa shape index (κ3) is 4.01. The molecular weight excluding hydrogens is 361 g/mol. The number of hydrogen-bond donors (Lipinski definition) is 1. The van der Waals surface area contributed by atoms with Crippen LogP contribution in [0, 0.1) is 0 Å². The fourth-order valence-electron chi connectivity index (χ4n) is 2.08. The number of rotatable bonds is 6. The summed E-state index contributed by atoms with van der Waals surface area (Å²) in [5.41, 5.74) is 2.12. The van der Waals surface area contributed by atoms with Crippen LogP contribution in [0.2, 0.25) is 10.0 Å². The molecule has 1 atom stereocenters. The van der Waals surface area contributed by atoms with Gasteiger partial charge in [0.1, 0.15) is 0 Å². The van der Waals surface area contributed by atoms with Crippen molar-refractivity contribution in [2.24, 2.45) is 0 Å². The predicted molar refractivity (Wildman–Crippen MR) is 87.6 cm³/mol. The molecule has 2 aromatic rings. The molecule has 108 valence electrons. The molecule has 0 spiro atoms. The van der Waals surface area contributed by atoms with Gasteiger partial charge in [-0.2, -0.15) is 0 Å². The monoisotopic (exact) mass is 375 g/mol. The van der Waals surface area contributed by atoms with Crippen LogP contribution >= 0.6 is 39.1 Å². The summed E-state index contributed by atoms with van der Waals surface area (Å²) in [6.07, 6.45) is 3.51. The number of benzene rings is 1. The van der Waals surface area contributed by atoms with E-state index in [1.54, 1.807) is 12.3 Å². The molecule has 0 aliphatic carbocycles. The Labute approximate surface area is 137 Å². The number of halogens is 3. The third-order valence-electron chi connectivity index (χ3n) is 3.09. The SMILES string of the molecule is CCCNC(Cc1cc(Cl)ccc1Cl)c1ccoc1Br. The van der Waals surface area contributed by atoms with E-state index < -0.39 is 0 Å². The van der Waals surface area contributed by atoms with Gasteiger partial charge in [-0.15, -0.1) is 0 Å². The highest BCUT2D eigenvalue weighted by Gasteiger charge is 2.18. The molecule has 1 N–H and O–H groups in total. The highest BCUT2D eigenvalue weighted by atomic mass is 79.9. The summed E-state index contributed by atoms with van der Waals surface area (Å²) in [5.74, 6) is 0. The molecule has 5 heteroatoms. The summed E-state index contributed by atoms with van der Waals surface area (Å²) in [6.45, 7) is 3.07. The van der Waals surface area contributed by atoms with Gasteiger partial charge < -0.3 is 9.73 Å². The molecule has 0 bridgehead atoms. The van der Waals surface area contributed by atoms with Crippen molar-refractivity contribution in [2.75, 3.05) is 6.54 Å². The number of hydrogen-bond acceptors (Lipinski definition) is 2. The minimum Gasteiger partial charge on any atom is -0.457 e. The Bertz CT molecular complexity index is 571. The highest BCUT2D eigenvalue weighted by molar-refractivity contribution is 9.10. The number of furan rings is 1. The first-order chi connectivity index (χ1) is 9.61. The van der Waals surface area contributed by atoms with Crippen molar-refractivity contribution in [3.8, 4) is 0 Å². The van der Waals surface area contributed by atoms with E-state index >= 15 is 0 Å². The van der Waals surface area contributed by atoms with Crippen LogP contribution in [0.4, 0.5) is 0 Å². The molecule has 0 aliphatic heterocycles. The molecule has 2 nitrogen and oxygen atoms in total. The van der Waals surface area contributed by atoms with Gasteiger partial charge in [-0.05, 0) is 65.1 Å². The highest BCUT2D eigenvalue weighted by Crippen LogP contribution is 2.30. The standard InChI is InChI=1S/C15H16BrCl2NO/c1-2-6-19-14(12-5-7-20-15(12)16)9-10-8-11(17)3-4-13(10)18/h3-5,7-8,14,19H,2,6,9H2,1H3. The first-order valence-electron chi connectivity index (χ1n) is 6.52. The maximum Gasteiger partial charge on any atom is 0.173 e. The fraction of sp³-hybridized carbons (Fsp3) is 0.333. The summed E-state index contributed by atoms with van der Waals surface area (Å²) in [5, 5.41) is 4.95. The van der Waals surface area contributed by atoms with E-state index in [1.165, 1.54) is 0 Å². The van der Waals surface area contributed by atoms with Gasteiger partial charge in [-0.1, -0.05) is 30.1 Å². The Kier molecular flexibility index (Phi) is 5.97. The van der Waals surface area contributed by atoms with Gasteiger partial charge in [0.05, 0.1) is 6.26 Å². The van der Waals surface area contributed by atoms with Crippen molar-refractivity contribution >= 4 is 39.1 Å². The van der Waals surface area contributed by atoms with E-state index in [1.807, 2.05) is 18.2 Å². The second kappa shape index (κ2) is 7.51. The van der Waals surface area contributed by atoms with E-state index in [0.29, 0.717) is 5.02 Å². The zero-order valence-corrected chi connectivity index (χ0v) is 14.2. The Morgan fingerprint density at radius 1 is 1.30 bits per heavy atom. The smallest absolute Gasteiger partial charge is 0.173 e. The minimum atomic E-state index is 0.138. The Hall–Kier alpha value is -0.480. The van der Waals surface area contributed by atoms with Crippen LogP contribution in [-0.2, 0) is 6.42 Å². The molecule has 0 saturated heterocycles. The molecule has 1 aromatic carbocycles. The van der Waals surface area contributed by atoms with Gasteiger partial charge in [0, 0.05) is 21.7 Å². The fourth-order valence-corrected chi connectivity index (χ4v) is 2.99. The zero-order chi connectivity index (χ0) is 14.5. The molecule has 0 saturated carbocycles. The normalized spacial score (nSPS) is 12.6. The summed E-state index contributed by atoms with van der Waals surface area (Å²) in [6, 6.07) is 7.66. The lowest BCUT2D eigenvalue weighted by Gasteiger charge is -2.18. The minimum absolute atomic E-state index is 0.138. The third-order valence-corrected chi connectivity index (χ3v) is 4.34. The van der Waals surface area contributed by atoms with Crippen molar-refractivity contribution < 1.29 is 4.42 Å². The Morgan fingerprint density at radius 2 is 2.10 bits per heavy atom. The maximum atomic E-state index is 6.25. The predicted octanol–water partition coefficient (Wildman–Crippen LogP) is 5.63. The van der Waals surface area contributed by atoms with Gasteiger partial charge in [0.2, 0.25) is 0 Å². The van der Waals surface area contributed by atoms with Crippen molar-refractivity contribution in [3.05, 3.63) is 56.4 Å². The quantitative estimate of drug-likeness (QED) is 0.706. The molecule has 20 heavy (non-hydrogen) atoms. The van der Waals surface area contributed by atoms with Gasteiger partial charge in [0.15, 0.2) is 4.67 Å². The first-order valence-corrected chi connectivity index (χ1v) is 8.07. The van der Waals surface area contributed by atoms with Crippen LogP contribution < -0.4 is 5.32 Å². The van der Waals surface area contributed by atoms with Crippen LogP contribution in [0.15, 0.2) is 39.6 Å². The molecule has 0 amide bonds. The molecule has 0 aliphatic rings. The average molecular weight is 377 g/mol. The van der Waals surface area contributed by atoms with E-state index in [-0.39, 0.29) is 6.04 Å². The maximum absolute atomic E-state index is 6.25. The average Bonchev–Trinajstić information content (AvgIpc) is 2.84. The lowest BCUT2D eigenvalue weighted by Crippen LogP contribution is -2.24. The van der Waals surface area contributed by atoms with Gasteiger partial charge in [0.25, 0.3) is 0 Å². The van der Waals surface area contributed by atoms with Crippen molar-refractivity contribution in [1.29, 1.82) is 0 Å². The van der Waals surface area contributed by atoms with E-state index in [2.05, 4.69) is 28.2 Å². The molecular formula is C15H16BrCl2NO. The van der Waals surface area contributed by atoms with Crippen LogP contribution in [0.5, 0.6) is 0 Å². The zero-order valence-electron chi connectivity index (χ0n) is 11.1. The molecule has 1 heterocycles. The Morgan fingerprint density at radius 3 is 2.75 bits per heavy atom. The topological polar surface area (TPSA) is 25.2 Å². The second-order valence-electron chi connectivity index (χ2n) is 4.60. The lowest BCUT2D eigenvalue weighted by molar-refractivity contribution is 0.498.